The van der Waals surface area contributed by atoms with Crippen LogP contribution in [0.5, 0.6) is 5.75 Å². The van der Waals surface area contributed by atoms with Crippen molar-refractivity contribution in [3.05, 3.63) is 29.8 Å². The van der Waals surface area contributed by atoms with Crippen molar-refractivity contribution in [3.8, 4) is 5.75 Å². The Bertz CT molecular complexity index is 321. The summed E-state index contributed by atoms with van der Waals surface area (Å²) < 4.78 is 39.4. The molecule has 1 atom stereocenters. The molecule has 0 saturated heterocycles. The van der Waals surface area contributed by atoms with Crippen LogP contribution in [0.1, 0.15) is 12.5 Å². The Labute approximate surface area is 92.4 Å². The summed E-state index contributed by atoms with van der Waals surface area (Å²) in [7, 11) is 1.84. The van der Waals surface area contributed by atoms with Crippen molar-refractivity contribution >= 4 is 0 Å². The highest BCUT2D eigenvalue weighted by molar-refractivity contribution is 5.27. The largest absolute Gasteiger partial charge is 0.573 e. The molecule has 1 N–H and O–H groups in total. The van der Waals surface area contributed by atoms with Gasteiger partial charge in [0, 0.05) is 6.04 Å². The molecule has 0 aliphatic heterocycles. The fourth-order valence-electron chi connectivity index (χ4n) is 1.28. The van der Waals surface area contributed by atoms with Crippen LogP contribution in [0.25, 0.3) is 0 Å². The highest BCUT2D eigenvalue weighted by Crippen LogP contribution is 2.22. The third kappa shape index (κ3) is 4.53. The van der Waals surface area contributed by atoms with E-state index in [0.29, 0.717) is 0 Å². The van der Waals surface area contributed by atoms with Gasteiger partial charge in [-0.25, -0.2) is 0 Å². The lowest BCUT2D eigenvalue weighted by Crippen LogP contribution is -2.23. The maximum absolute atomic E-state index is 11.9. The van der Waals surface area contributed by atoms with Crippen molar-refractivity contribution in [2.24, 2.45) is 0 Å². The second kappa shape index (κ2) is 5.21. The average Bonchev–Trinajstić information content (AvgIpc) is 2.18. The quantitative estimate of drug-likeness (QED) is 0.863. The number of likely N-dealkylation sites (N-methyl/N-ethyl adjacent to an activating group) is 1. The van der Waals surface area contributed by atoms with Crippen molar-refractivity contribution in [1.82, 2.24) is 5.32 Å². The van der Waals surface area contributed by atoms with Crippen LogP contribution in [-0.4, -0.2) is 19.5 Å². The third-order valence-electron chi connectivity index (χ3n) is 2.19. The Balaban J connectivity index is 2.61. The number of hydrogen-bond donors (Lipinski definition) is 1. The SMILES string of the molecule is CNC(C)Cc1ccc(OC(F)(F)F)cc1. The van der Waals surface area contributed by atoms with Crippen LogP contribution < -0.4 is 10.1 Å². The molecule has 0 aliphatic carbocycles. The Hall–Kier alpha value is -1.23. The van der Waals surface area contributed by atoms with Crippen LogP contribution in [0, 0.1) is 0 Å². The van der Waals surface area contributed by atoms with Crippen molar-refractivity contribution in [2.45, 2.75) is 25.7 Å². The number of benzene rings is 1. The topological polar surface area (TPSA) is 21.3 Å². The standard InChI is InChI=1S/C11H14F3NO/c1-8(15-2)7-9-3-5-10(6-4-9)16-11(12,13)14/h3-6,8,15H,7H2,1-2H3. The van der Waals surface area contributed by atoms with Crippen LogP contribution in [-0.2, 0) is 6.42 Å². The van der Waals surface area contributed by atoms with Gasteiger partial charge < -0.3 is 10.1 Å². The summed E-state index contributed by atoms with van der Waals surface area (Å²) in [5.74, 6) is -0.187. The minimum absolute atomic E-state index is 0.187. The molecule has 90 valence electrons. The highest BCUT2D eigenvalue weighted by atomic mass is 19.4. The monoisotopic (exact) mass is 233 g/mol. The van der Waals surface area contributed by atoms with E-state index in [0.717, 1.165) is 12.0 Å². The zero-order valence-corrected chi connectivity index (χ0v) is 9.14. The van der Waals surface area contributed by atoms with Gasteiger partial charge in [-0.1, -0.05) is 12.1 Å². The van der Waals surface area contributed by atoms with Crippen molar-refractivity contribution in [1.29, 1.82) is 0 Å². The number of ether oxygens (including phenoxy) is 1. The first-order valence-corrected chi connectivity index (χ1v) is 4.92. The lowest BCUT2D eigenvalue weighted by molar-refractivity contribution is -0.274. The number of halogens is 3. The summed E-state index contributed by atoms with van der Waals surface area (Å²) in [6.45, 7) is 2.00. The van der Waals surface area contributed by atoms with Crippen LogP contribution in [0.3, 0.4) is 0 Å². The maximum Gasteiger partial charge on any atom is 0.573 e. The fraction of sp³-hybridized carbons (Fsp3) is 0.455. The second-order valence-corrected chi connectivity index (χ2v) is 3.59. The zero-order valence-electron chi connectivity index (χ0n) is 9.14. The van der Waals surface area contributed by atoms with Crippen molar-refractivity contribution in [2.75, 3.05) is 7.05 Å². The van der Waals surface area contributed by atoms with Crippen LogP contribution >= 0.6 is 0 Å². The Morgan fingerprint density at radius 1 is 1.25 bits per heavy atom. The molecular weight excluding hydrogens is 219 g/mol. The highest BCUT2D eigenvalue weighted by Gasteiger charge is 2.30. The molecule has 16 heavy (non-hydrogen) atoms. The minimum atomic E-state index is -4.63. The second-order valence-electron chi connectivity index (χ2n) is 3.59. The molecule has 5 heteroatoms. The summed E-state index contributed by atoms with van der Waals surface area (Å²) >= 11 is 0. The van der Waals surface area contributed by atoms with Gasteiger partial charge in [-0.05, 0) is 38.1 Å². The predicted molar refractivity (Wildman–Crippen MR) is 55.4 cm³/mol. The molecule has 1 unspecified atom stereocenters. The summed E-state index contributed by atoms with van der Waals surface area (Å²) in [5.41, 5.74) is 0.969. The van der Waals surface area contributed by atoms with Gasteiger partial charge in [-0.2, -0.15) is 0 Å². The molecule has 0 fully saturated rings. The van der Waals surface area contributed by atoms with E-state index in [2.05, 4.69) is 10.1 Å². The predicted octanol–water partition coefficient (Wildman–Crippen LogP) is 2.74. The minimum Gasteiger partial charge on any atom is -0.406 e. The van der Waals surface area contributed by atoms with Crippen LogP contribution in [0.15, 0.2) is 24.3 Å². The lowest BCUT2D eigenvalue weighted by Gasteiger charge is -2.11. The first-order valence-electron chi connectivity index (χ1n) is 4.92. The average molecular weight is 233 g/mol. The fourth-order valence-corrected chi connectivity index (χ4v) is 1.28. The smallest absolute Gasteiger partial charge is 0.406 e. The molecule has 0 spiro atoms. The van der Waals surface area contributed by atoms with E-state index in [1.165, 1.54) is 12.1 Å². The van der Waals surface area contributed by atoms with E-state index < -0.39 is 6.36 Å². The molecule has 0 bridgehead atoms. The Kier molecular flexibility index (Phi) is 4.18. The van der Waals surface area contributed by atoms with Gasteiger partial charge in [-0.3, -0.25) is 0 Å². The van der Waals surface area contributed by atoms with Gasteiger partial charge in [0.2, 0.25) is 0 Å². The van der Waals surface area contributed by atoms with Gasteiger partial charge in [-0.15, -0.1) is 13.2 Å². The number of nitrogens with one attached hydrogen (secondary N) is 1. The number of rotatable bonds is 4. The maximum atomic E-state index is 11.9. The van der Waals surface area contributed by atoms with E-state index in [1.54, 1.807) is 12.1 Å². The number of alkyl halides is 3. The molecular formula is C11H14F3NO. The molecule has 0 aliphatic rings. The van der Waals surface area contributed by atoms with E-state index in [4.69, 9.17) is 0 Å². The van der Waals surface area contributed by atoms with E-state index in [9.17, 15) is 13.2 Å². The molecule has 0 aromatic heterocycles. The molecule has 2 nitrogen and oxygen atoms in total. The molecule has 0 heterocycles. The molecule has 1 aromatic carbocycles. The van der Waals surface area contributed by atoms with Crippen LogP contribution in [0.4, 0.5) is 13.2 Å². The van der Waals surface area contributed by atoms with Gasteiger partial charge >= 0.3 is 6.36 Å². The summed E-state index contributed by atoms with van der Waals surface area (Å²) in [4.78, 5) is 0. The Morgan fingerprint density at radius 3 is 2.25 bits per heavy atom. The number of hydrogen-bond acceptors (Lipinski definition) is 2. The normalized spacial score (nSPS) is 13.6. The molecule has 0 radical (unpaired) electrons. The summed E-state index contributed by atoms with van der Waals surface area (Å²) in [6, 6.07) is 6.20. The van der Waals surface area contributed by atoms with Crippen molar-refractivity contribution < 1.29 is 17.9 Å². The van der Waals surface area contributed by atoms with Gasteiger partial charge in [0.05, 0.1) is 0 Å². The zero-order chi connectivity index (χ0) is 12.2. The lowest BCUT2D eigenvalue weighted by atomic mass is 10.1. The van der Waals surface area contributed by atoms with Crippen molar-refractivity contribution in [3.63, 3.8) is 0 Å². The van der Waals surface area contributed by atoms with E-state index >= 15 is 0 Å². The van der Waals surface area contributed by atoms with Crippen LogP contribution in [0.2, 0.25) is 0 Å². The summed E-state index contributed by atoms with van der Waals surface area (Å²) in [5, 5.41) is 3.06. The van der Waals surface area contributed by atoms with Gasteiger partial charge in [0.25, 0.3) is 0 Å². The third-order valence-corrected chi connectivity index (χ3v) is 2.19. The molecule has 0 saturated carbocycles. The van der Waals surface area contributed by atoms with Gasteiger partial charge in [0.15, 0.2) is 0 Å². The molecule has 0 amide bonds. The summed E-state index contributed by atoms with van der Waals surface area (Å²) in [6.07, 6.45) is -3.86. The van der Waals surface area contributed by atoms with Gasteiger partial charge in [0.1, 0.15) is 5.75 Å². The first kappa shape index (κ1) is 12.8. The molecule has 1 aromatic rings. The molecule has 1 rings (SSSR count). The Morgan fingerprint density at radius 2 is 1.81 bits per heavy atom. The van der Waals surface area contributed by atoms with E-state index in [1.807, 2.05) is 14.0 Å². The van der Waals surface area contributed by atoms with E-state index in [-0.39, 0.29) is 11.8 Å². The first-order chi connectivity index (χ1) is 7.40.